The van der Waals surface area contributed by atoms with Gasteiger partial charge < -0.3 is 10.1 Å². The Hall–Kier alpha value is -2.54. The lowest BCUT2D eigenvalue weighted by Gasteiger charge is -2.08. The van der Waals surface area contributed by atoms with E-state index >= 15 is 0 Å². The zero-order chi connectivity index (χ0) is 16.1. The van der Waals surface area contributed by atoms with Gasteiger partial charge >= 0.3 is 0 Å². The predicted octanol–water partition coefficient (Wildman–Crippen LogP) is 1.59. The summed E-state index contributed by atoms with van der Waals surface area (Å²) in [6.45, 7) is 2.19. The van der Waals surface area contributed by atoms with Crippen molar-refractivity contribution in [3.05, 3.63) is 57.8 Å². The normalized spacial score (nSPS) is 10.5. The molecule has 0 aliphatic carbocycles. The molecular formula is C15H16FN3O3. The van der Waals surface area contributed by atoms with Crippen molar-refractivity contribution in [2.45, 2.75) is 13.5 Å². The van der Waals surface area contributed by atoms with Crippen LogP contribution < -0.4 is 10.9 Å². The second-order valence-electron chi connectivity index (χ2n) is 4.69. The third-order valence-electron chi connectivity index (χ3n) is 3.04. The highest BCUT2D eigenvalue weighted by atomic mass is 19.1. The molecule has 0 bridgehead atoms. The van der Waals surface area contributed by atoms with Crippen molar-refractivity contribution in [3.8, 4) is 0 Å². The maximum absolute atomic E-state index is 13.5. The van der Waals surface area contributed by atoms with Crippen LogP contribution >= 0.6 is 0 Å². The summed E-state index contributed by atoms with van der Waals surface area (Å²) >= 11 is 0. The van der Waals surface area contributed by atoms with Gasteiger partial charge in [0.1, 0.15) is 11.5 Å². The first kappa shape index (κ1) is 15.8. The Labute approximate surface area is 126 Å². The Kier molecular flexibility index (Phi) is 5.00. The molecule has 1 aromatic carbocycles. The van der Waals surface area contributed by atoms with Gasteiger partial charge in [-0.2, -0.15) is 5.10 Å². The van der Waals surface area contributed by atoms with Crippen LogP contribution in [0.1, 0.15) is 16.1 Å². The largest absolute Gasteiger partial charge is 0.383 e. The molecular weight excluding hydrogens is 289 g/mol. The van der Waals surface area contributed by atoms with E-state index in [-0.39, 0.29) is 17.8 Å². The standard InChI is InChI=1S/C15H16FN3O3/c1-10-3-4-11(9-12(10)16)17-15(21)13-5-6-14(20)19(18-13)7-8-22-2/h3-6,9H,7-8H2,1-2H3,(H,17,21). The number of halogens is 1. The highest BCUT2D eigenvalue weighted by Gasteiger charge is 2.11. The van der Waals surface area contributed by atoms with Gasteiger partial charge in [0.15, 0.2) is 0 Å². The lowest BCUT2D eigenvalue weighted by Crippen LogP contribution is -2.27. The summed E-state index contributed by atoms with van der Waals surface area (Å²) in [6, 6.07) is 6.97. The number of carbonyl (C=O) groups is 1. The van der Waals surface area contributed by atoms with E-state index in [1.54, 1.807) is 19.1 Å². The zero-order valence-corrected chi connectivity index (χ0v) is 12.3. The molecule has 0 aliphatic heterocycles. The molecule has 1 amide bonds. The molecule has 0 aliphatic rings. The van der Waals surface area contributed by atoms with Gasteiger partial charge in [-0.25, -0.2) is 9.07 Å². The number of nitrogens with zero attached hydrogens (tertiary/aromatic N) is 2. The van der Waals surface area contributed by atoms with Crippen molar-refractivity contribution in [1.82, 2.24) is 9.78 Å². The van der Waals surface area contributed by atoms with Gasteiger partial charge in [0.05, 0.1) is 13.2 Å². The molecule has 7 heteroatoms. The summed E-state index contributed by atoms with van der Waals surface area (Å²) in [5.41, 5.74) is 0.556. The molecule has 2 aromatic rings. The number of aromatic nitrogens is 2. The third-order valence-corrected chi connectivity index (χ3v) is 3.04. The Bertz CT molecular complexity index is 743. The number of carbonyl (C=O) groups excluding carboxylic acids is 1. The minimum atomic E-state index is -0.519. The Morgan fingerprint density at radius 1 is 1.36 bits per heavy atom. The number of hydrogen-bond acceptors (Lipinski definition) is 4. The number of aryl methyl sites for hydroxylation is 1. The van der Waals surface area contributed by atoms with Crippen LogP contribution in [0.2, 0.25) is 0 Å². The molecule has 1 aromatic heterocycles. The van der Waals surface area contributed by atoms with Gasteiger partial charge in [0.2, 0.25) is 0 Å². The highest BCUT2D eigenvalue weighted by molar-refractivity contribution is 6.02. The number of rotatable bonds is 5. The first-order chi connectivity index (χ1) is 10.5. The summed E-state index contributed by atoms with van der Waals surface area (Å²) in [7, 11) is 1.51. The smallest absolute Gasteiger partial charge is 0.276 e. The number of nitrogens with one attached hydrogen (secondary N) is 1. The molecule has 1 N–H and O–H groups in total. The summed E-state index contributed by atoms with van der Waals surface area (Å²) < 4.78 is 19.5. The van der Waals surface area contributed by atoms with Gasteiger partial charge in [-0.15, -0.1) is 0 Å². The van der Waals surface area contributed by atoms with Crippen molar-refractivity contribution in [2.24, 2.45) is 0 Å². The second-order valence-corrected chi connectivity index (χ2v) is 4.69. The fourth-order valence-electron chi connectivity index (χ4n) is 1.77. The van der Waals surface area contributed by atoms with Crippen molar-refractivity contribution in [2.75, 3.05) is 19.0 Å². The lowest BCUT2D eigenvalue weighted by atomic mass is 10.2. The molecule has 0 atom stereocenters. The quantitative estimate of drug-likeness (QED) is 0.910. The fraction of sp³-hybridized carbons (Fsp3) is 0.267. The first-order valence-corrected chi connectivity index (χ1v) is 6.66. The van der Waals surface area contributed by atoms with Crippen LogP contribution in [-0.4, -0.2) is 29.4 Å². The van der Waals surface area contributed by atoms with E-state index in [4.69, 9.17) is 4.74 Å². The van der Waals surface area contributed by atoms with Crippen molar-refractivity contribution in [3.63, 3.8) is 0 Å². The average molecular weight is 305 g/mol. The predicted molar refractivity (Wildman–Crippen MR) is 79.5 cm³/mol. The number of ether oxygens (including phenoxy) is 1. The molecule has 22 heavy (non-hydrogen) atoms. The van der Waals surface area contributed by atoms with E-state index < -0.39 is 11.7 Å². The van der Waals surface area contributed by atoms with Crippen LogP contribution in [0.25, 0.3) is 0 Å². The molecule has 1 heterocycles. The number of amides is 1. The summed E-state index contributed by atoms with van der Waals surface area (Å²) in [4.78, 5) is 23.7. The maximum Gasteiger partial charge on any atom is 0.276 e. The molecule has 0 saturated carbocycles. The van der Waals surface area contributed by atoms with E-state index in [2.05, 4.69) is 10.4 Å². The van der Waals surface area contributed by atoms with Crippen LogP contribution in [0, 0.1) is 12.7 Å². The van der Waals surface area contributed by atoms with Gasteiger partial charge in [-0.05, 0) is 30.7 Å². The fourth-order valence-corrected chi connectivity index (χ4v) is 1.77. The van der Waals surface area contributed by atoms with Gasteiger partial charge in [0, 0.05) is 18.9 Å². The van der Waals surface area contributed by atoms with E-state index in [0.29, 0.717) is 17.9 Å². The first-order valence-electron chi connectivity index (χ1n) is 6.66. The second kappa shape index (κ2) is 6.95. The van der Waals surface area contributed by atoms with E-state index in [1.165, 1.54) is 25.3 Å². The summed E-state index contributed by atoms with van der Waals surface area (Å²) in [5, 5.41) is 6.51. The molecule has 0 saturated heterocycles. The molecule has 2 rings (SSSR count). The minimum Gasteiger partial charge on any atom is -0.383 e. The number of hydrogen-bond donors (Lipinski definition) is 1. The van der Waals surface area contributed by atoms with Crippen molar-refractivity contribution >= 4 is 11.6 Å². The number of benzene rings is 1. The van der Waals surface area contributed by atoms with Crippen molar-refractivity contribution < 1.29 is 13.9 Å². The third kappa shape index (κ3) is 3.76. The summed E-state index contributed by atoms with van der Waals surface area (Å²) in [5.74, 6) is -0.926. The van der Waals surface area contributed by atoms with Crippen LogP contribution in [0.3, 0.4) is 0 Å². The zero-order valence-electron chi connectivity index (χ0n) is 12.3. The maximum atomic E-state index is 13.5. The number of anilines is 1. The van der Waals surface area contributed by atoms with E-state index in [9.17, 15) is 14.0 Å². The van der Waals surface area contributed by atoms with Crippen LogP contribution in [-0.2, 0) is 11.3 Å². The average Bonchev–Trinajstić information content (AvgIpc) is 2.50. The number of methoxy groups -OCH3 is 1. The SMILES string of the molecule is COCCn1nc(C(=O)Nc2ccc(C)c(F)c2)ccc1=O. The Morgan fingerprint density at radius 3 is 2.82 bits per heavy atom. The Morgan fingerprint density at radius 2 is 2.14 bits per heavy atom. The van der Waals surface area contributed by atoms with Crippen LogP contribution in [0.15, 0.2) is 35.1 Å². The Balaban J connectivity index is 2.18. The molecule has 0 unspecified atom stereocenters. The van der Waals surface area contributed by atoms with E-state index in [1.807, 2.05) is 0 Å². The topological polar surface area (TPSA) is 73.2 Å². The lowest BCUT2D eigenvalue weighted by molar-refractivity contribution is 0.101. The van der Waals surface area contributed by atoms with Gasteiger partial charge in [0.25, 0.3) is 11.5 Å². The molecule has 0 fully saturated rings. The molecule has 0 spiro atoms. The summed E-state index contributed by atoms with van der Waals surface area (Å²) in [6.07, 6.45) is 0. The molecule has 6 nitrogen and oxygen atoms in total. The van der Waals surface area contributed by atoms with Crippen molar-refractivity contribution in [1.29, 1.82) is 0 Å². The van der Waals surface area contributed by atoms with Gasteiger partial charge in [-0.1, -0.05) is 6.07 Å². The highest BCUT2D eigenvalue weighted by Crippen LogP contribution is 2.14. The molecule has 116 valence electrons. The minimum absolute atomic E-state index is 0.0664. The van der Waals surface area contributed by atoms with E-state index in [0.717, 1.165) is 4.68 Å². The molecule has 0 radical (unpaired) electrons. The monoisotopic (exact) mass is 305 g/mol. The van der Waals surface area contributed by atoms with Gasteiger partial charge in [-0.3, -0.25) is 9.59 Å². The van der Waals surface area contributed by atoms with Crippen LogP contribution in [0.4, 0.5) is 10.1 Å². The van der Waals surface area contributed by atoms with Crippen LogP contribution in [0.5, 0.6) is 0 Å².